The van der Waals surface area contributed by atoms with E-state index in [0.29, 0.717) is 18.0 Å². The molecule has 0 aliphatic rings. The van der Waals surface area contributed by atoms with Gasteiger partial charge in [0, 0.05) is 19.8 Å². The van der Waals surface area contributed by atoms with Gasteiger partial charge in [-0.05, 0) is 24.0 Å². The maximum atomic E-state index is 12.1. The highest BCUT2D eigenvalue weighted by Crippen LogP contribution is 2.13. The third-order valence-corrected chi connectivity index (χ3v) is 4.45. The fraction of sp³-hybridized carbons (Fsp3) is 0.583. The molecule has 1 aromatic rings. The Morgan fingerprint density at radius 3 is 2.50 bits per heavy atom. The third-order valence-electron chi connectivity index (χ3n) is 2.68. The van der Waals surface area contributed by atoms with Gasteiger partial charge < -0.3 is 5.11 Å². The molecule has 0 spiro atoms. The van der Waals surface area contributed by atoms with E-state index in [1.54, 1.807) is 13.1 Å². The van der Waals surface area contributed by atoms with Crippen LogP contribution in [0.5, 0.6) is 0 Å². The molecule has 0 aromatic carbocycles. The van der Waals surface area contributed by atoms with E-state index in [0.717, 1.165) is 6.42 Å². The monoisotopic (exact) mass is 272 g/mol. The molecule has 0 saturated carbocycles. The van der Waals surface area contributed by atoms with Crippen molar-refractivity contribution in [3.63, 3.8) is 0 Å². The zero-order valence-corrected chi connectivity index (χ0v) is 11.8. The van der Waals surface area contributed by atoms with Crippen molar-refractivity contribution in [1.82, 2.24) is 9.29 Å². The number of hydrogen-bond acceptors (Lipinski definition) is 4. The van der Waals surface area contributed by atoms with Gasteiger partial charge in [-0.25, -0.2) is 13.4 Å². The zero-order chi connectivity index (χ0) is 13.8. The fourth-order valence-electron chi connectivity index (χ4n) is 1.38. The quantitative estimate of drug-likeness (QED) is 0.846. The summed E-state index contributed by atoms with van der Waals surface area (Å²) in [5, 5.41) is 8.91. The molecule has 1 N–H and O–H groups in total. The Bertz CT molecular complexity index is 469. The van der Waals surface area contributed by atoms with Gasteiger partial charge >= 0.3 is 0 Å². The highest BCUT2D eigenvalue weighted by Gasteiger charge is 2.21. The number of aromatic nitrogens is 1. The molecule has 6 heteroatoms. The molecule has 0 saturated heterocycles. The molecular weight excluding hydrogens is 252 g/mol. The normalized spacial score (nSPS) is 12.3. The van der Waals surface area contributed by atoms with Crippen LogP contribution >= 0.6 is 0 Å². The second kappa shape index (κ2) is 6.26. The molecule has 0 radical (unpaired) electrons. The summed E-state index contributed by atoms with van der Waals surface area (Å²) in [4.78, 5) is 3.88. The topological polar surface area (TPSA) is 70.5 Å². The van der Waals surface area contributed by atoms with Gasteiger partial charge in [0.1, 0.15) is 0 Å². The molecular formula is C12H20N2O3S. The van der Waals surface area contributed by atoms with Crippen LogP contribution in [0.1, 0.15) is 25.8 Å². The van der Waals surface area contributed by atoms with Crippen LogP contribution in [-0.4, -0.2) is 36.4 Å². The van der Waals surface area contributed by atoms with Gasteiger partial charge in [0.05, 0.1) is 6.61 Å². The molecule has 102 valence electrons. The molecule has 1 aromatic heterocycles. The van der Waals surface area contributed by atoms with Crippen molar-refractivity contribution in [3.05, 3.63) is 23.9 Å². The molecule has 0 fully saturated rings. The Hall–Kier alpha value is -0.980. The molecule has 5 nitrogen and oxygen atoms in total. The third kappa shape index (κ3) is 3.76. The van der Waals surface area contributed by atoms with Crippen molar-refractivity contribution in [2.75, 3.05) is 13.6 Å². The minimum atomic E-state index is -3.52. The minimum absolute atomic E-state index is 0.0194. The summed E-state index contributed by atoms with van der Waals surface area (Å²) in [5.41, 5.74) is 0.596. The summed E-state index contributed by atoms with van der Waals surface area (Å²) in [6.07, 6.45) is 2.19. The van der Waals surface area contributed by atoms with Crippen molar-refractivity contribution < 1.29 is 13.5 Å². The Kier molecular flexibility index (Phi) is 5.25. The Balaban J connectivity index is 2.84. The number of hydrogen-bond donors (Lipinski definition) is 1. The van der Waals surface area contributed by atoms with E-state index in [4.69, 9.17) is 5.11 Å². The molecule has 0 atom stereocenters. The van der Waals surface area contributed by atoms with Gasteiger partial charge in [-0.3, -0.25) is 0 Å². The van der Waals surface area contributed by atoms with Gasteiger partial charge in [-0.2, -0.15) is 4.31 Å². The van der Waals surface area contributed by atoms with E-state index in [1.807, 2.05) is 0 Å². The van der Waals surface area contributed by atoms with Crippen LogP contribution in [0.25, 0.3) is 0 Å². The lowest BCUT2D eigenvalue weighted by Gasteiger charge is -2.17. The van der Waals surface area contributed by atoms with E-state index >= 15 is 0 Å². The lowest BCUT2D eigenvalue weighted by Crippen LogP contribution is -2.29. The summed E-state index contributed by atoms with van der Waals surface area (Å²) < 4.78 is 25.6. The molecule has 0 amide bonds. The molecule has 1 rings (SSSR count). The summed E-state index contributed by atoms with van der Waals surface area (Å²) in [7, 11) is -1.96. The first-order chi connectivity index (χ1) is 8.37. The van der Waals surface area contributed by atoms with Gasteiger partial charge in [0.2, 0.25) is 0 Å². The summed E-state index contributed by atoms with van der Waals surface area (Å²) in [5.74, 6) is 0.451. The Labute approximate surface area is 109 Å². The number of pyridine rings is 1. The van der Waals surface area contributed by atoms with Gasteiger partial charge in [0.25, 0.3) is 10.0 Å². The van der Waals surface area contributed by atoms with Crippen molar-refractivity contribution in [1.29, 1.82) is 0 Å². The first-order valence-electron chi connectivity index (χ1n) is 5.90. The lowest BCUT2D eigenvalue weighted by atomic mass is 10.1. The molecule has 0 aliphatic carbocycles. The summed E-state index contributed by atoms with van der Waals surface area (Å²) >= 11 is 0. The van der Waals surface area contributed by atoms with Crippen LogP contribution < -0.4 is 0 Å². The maximum Gasteiger partial charge on any atom is 0.260 e. The van der Waals surface area contributed by atoms with Crippen molar-refractivity contribution >= 4 is 10.0 Å². The van der Waals surface area contributed by atoms with Gasteiger partial charge in [-0.15, -0.1) is 0 Å². The Morgan fingerprint density at radius 2 is 2.06 bits per heavy atom. The number of rotatable bonds is 6. The van der Waals surface area contributed by atoms with E-state index in [-0.39, 0.29) is 11.6 Å². The van der Waals surface area contributed by atoms with Gasteiger partial charge in [-0.1, -0.05) is 19.9 Å². The first kappa shape index (κ1) is 15.1. The summed E-state index contributed by atoms with van der Waals surface area (Å²) in [6.45, 7) is 4.43. The van der Waals surface area contributed by atoms with E-state index in [2.05, 4.69) is 18.8 Å². The SMILES string of the molecule is CC(C)CCN(C)S(=O)(=O)c1ccc(CO)cn1. The van der Waals surface area contributed by atoms with E-state index in [9.17, 15) is 8.42 Å². The first-order valence-corrected chi connectivity index (χ1v) is 7.34. The van der Waals surface area contributed by atoms with Crippen LogP contribution in [0.3, 0.4) is 0 Å². The predicted molar refractivity (Wildman–Crippen MR) is 69.4 cm³/mol. The van der Waals surface area contributed by atoms with E-state index in [1.165, 1.54) is 16.6 Å². The highest BCUT2D eigenvalue weighted by molar-refractivity contribution is 7.89. The van der Waals surface area contributed by atoms with Crippen LogP contribution in [0.4, 0.5) is 0 Å². The number of sulfonamides is 1. The number of nitrogens with zero attached hydrogens (tertiary/aromatic N) is 2. The Morgan fingerprint density at radius 1 is 1.39 bits per heavy atom. The fourth-order valence-corrected chi connectivity index (χ4v) is 2.47. The van der Waals surface area contributed by atoms with Crippen LogP contribution in [0, 0.1) is 5.92 Å². The zero-order valence-electron chi connectivity index (χ0n) is 11.0. The largest absolute Gasteiger partial charge is 0.392 e. The molecule has 1 heterocycles. The minimum Gasteiger partial charge on any atom is -0.392 e. The van der Waals surface area contributed by atoms with Crippen molar-refractivity contribution in [2.24, 2.45) is 5.92 Å². The smallest absolute Gasteiger partial charge is 0.260 e. The van der Waals surface area contributed by atoms with Crippen LogP contribution in [0.2, 0.25) is 0 Å². The number of aliphatic hydroxyl groups excluding tert-OH is 1. The lowest BCUT2D eigenvalue weighted by molar-refractivity contribution is 0.281. The molecule has 0 aliphatic heterocycles. The maximum absolute atomic E-state index is 12.1. The van der Waals surface area contributed by atoms with Crippen molar-refractivity contribution in [3.8, 4) is 0 Å². The summed E-state index contributed by atoms with van der Waals surface area (Å²) in [6, 6.07) is 2.99. The van der Waals surface area contributed by atoms with E-state index < -0.39 is 10.0 Å². The average molecular weight is 272 g/mol. The number of aliphatic hydroxyl groups is 1. The molecule has 18 heavy (non-hydrogen) atoms. The highest BCUT2D eigenvalue weighted by atomic mass is 32.2. The second-order valence-electron chi connectivity index (χ2n) is 4.67. The van der Waals surface area contributed by atoms with Crippen molar-refractivity contribution in [2.45, 2.75) is 31.9 Å². The van der Waals surface area contributed by atoms with Crippen LogP contribution in [-0.2, 0) is 16.6 Å². The standard InChI is InChI=1S/C12H20N2O3S/c1-10(2)6-7-14(3)18(16,17)12-5-4-11(9-15)8-13-12/h4-5,8,10,15H,6-7,9H2,1-3H3. The van der Waals surface area contributed by atoms with Crippen LogP contribution in [0.15, 0.2) is 23.4 Å². The predicted octanol–water partition coefficient (Wildman–Crippen LogP) is 1.24. The van der Waals surface area contributed by atoms with Gasteiger partial charge in [0.15, 0.2) is 5.03 Å². The second-order valence-corrected chi connectivity index (χ2v) is 6.66. The average Bonchev–Trinajstić information content (AvgIpc) is 2.35. The molecule has 0 bridgehead atoms. The molecule has 0 unspecified atom stereocenters.